The monoisotopic (exact) mass is 213 g/mol. The Bertz CT molecular complexity index is 131. The number of aliphatic hydroxyl groups excluding tert-OH is 1. The standard InChI is InChI=1S/C7H13Cl2NO2/c8-6(9)7(12)10-4-2-1-3-5-11/h6,11H,1-5H2,(H,10,12). The average molecular weight is 214 g/mol. The van der Waals surface area contributed by atoms with Crippen LogP contribution in [0.3, 0.4) is 0 Å². The van der Waals surface area contributed by atoms with Gasteiger partial charge in [0.1, 0.15) is 0 Å². The molecule has 0 aromatic rings. The summed E-state index contributed by atoms with van der Waals surface area (Å²) in [6, 6.07) is 0. The van der Waals surface area contributed by atoms with Gasteiger partial charge in [-0.1, -0.05) is 23.2 Å². The molecule has 72 valence electrons. The number of carbonyl (C=O) groups excluding carboxylic acids is 1. The number of aliphatic hydroxyl groups is 1. The number of alkyl halides is 2. The number of amides is 1. The van der Waals surface area contributed by atoms with Crippen LogP contribution in [0.4, 0.5) is 0 Å². The molecular weight excluding hydrogens is 201 g/mol. The maximum Gasteiger partial charge on any atom is 0.253 e. The number of hydrogen-bond donors (Lipinski definition) is 2. The van der Waals surface area contributed by atoms with Gasteiger partial charge in [0.25, 0.3) is 5.91 Å². The Kier molecular flexibility index (Phi) is 7.65. The van der Waals surface area contributed by atoms with Gasteiger partial charge in [0.15, 0.2) is 4.84 Å². The molecule has 3 nitrogen and oxygen atoms in total. The molecule has 0 bridgehead atoms. The van der Waals surface area contributed by atoms with Crippen LogP contribution in [0.25, 0.3) is 0 Å². The van der Waals surface area contributed by atoms with Crippen LogP contribution in [0, 0.1) is 0 Å². The van der Waals surface area contributed by atoms with E-state index in [2.05, 4.69) is 5.32 Å². The molecule has 0 aliphatic carbocycles. The summed E-state index contributed by atoms with van der Waals surface area (Å²) in [7, 11) is 0. The van der Waals surface area contributed by atoms with E-state index in [1.54, 1.807) is 0 Å². The zero-order valence-electron chi connectivity index (χ0n) is 6.72. The average Bonchev–Trinajstić information content (AvgIpc) is 2.03. The predicted octanol–water partition coefficient (Wildman–Crippen LogP) is 1.07. The van der Waals surface area contributed by atoms with Crippen molar-refractivity contribution in [1.29, 1.82) is 0 Å². The van der Waals surface area contributed by atoms with Crippen molar-refractivity contribution in [2.45, 2.75) is 24.1 Å². The van der Waals surface area contributed by atoms with Gasteiger partial charge in [-0.3, -0.25) is 4.79 Å². The second-order valence-electron chi connectivity index (χ2n) is 2.38. The molecule has 0 radical (unpaired) electrons. The van der Waals surface area contributed by atoms with Gasteiger partial charge in [-0.25, -0.2) is 0 Å². The molecule has 1 amide bonds. The van der Waals surface area contributed by atoms with Crippen LogP contribution < -0.4 is 5.32 Å². The minimum atomic E-state index is -0.983. The van der Waals surface area contributed by atoms with Gasteiger partial charge in [-0.05, 0) is 19.3 Å². The molecule has 0 rings (SSSR count). The highest BCUT2D eigenvalue weighted by molar-refractivity contribution is 6.53. The van der Waals surface area contributed by atoms with Crippen molar-refractivity contribution < 1.29 is 9.90 Å². The fourth-order valence-corrected chi connectivity index (χ4v) is 0.857. The summed E-state index contributed by atoms with van der Waals surface area (Å²) in [5.41, 5.74) is 0. The van der Waals surface area contributed by atoms with Crippen LogP contribution in [0.15, 0.2) is 0 Å². The highest BCUT2D eigenvalue weighted by Gasteiger charge is 2.08. The molecule has 0 atom stereocenters. The molecule has 0 aliphatic rings. The lowest BCUT2D eigenvalue weighted by Gasteiger charge is -2.04. The first-order valence-corrected chi connectivity index (χ1v) is 4.72. The van der Waals surface area contributed by atoms with Gasteiger partial charge in [0.05, 0.1) is 0 Å². The van der Waals surface area contributed by atoms with Gasteiger partial charge >= 0.3 is 0 Å². The molecular formula is C7H13Cl2NO2. The lowest BCUT2D eigenvalue weighted by molar-refractivity contribution is -0.119. The van der Waals surface area contributed by atoms with Gasteiger partial charge in [-0.2, -0.15) is 0 Å². The van der Waals surface area contributed by atoms with E-state index >= 15 is 0 Å². The highest BCUT2D eigenvalue weighted by atomic mass is 35.5. The van der Waals surface area contributed by atoms with E-state index in [9.17, 15) is 4.79 Å². The molecule has 0 aromatic carbocycles. The number of nitrogens with one attached hydrogen (secondary N) is 1. The molecule has 2 N–H and O–H groups in total. The fraction of sp³-hybridized carbons (Fsp3) is 0.857. The number of rotatable bonds is 6. The summed E-state index contributed by atoms with van der Waals surface area (Å²) >= 11 is 10.6. The Labute approximate surface area is 82.0 Å². The third-order valence-electron chi connectivity index (χ3n) is 1.33. The molecule has 12 heavy (non-hydrogen) atoms. The topological polar surface area (TPSA) is 49.3 Å². The molecule has 0 unspecified atom stereocenters. The largest absolute Gasteiger partial charge is 0.396 e. The zero-order chi connectivity index (χ0) is 9.40. The first-order chi connectivity index (χ1) is 5.68. The fourth-order valence-electron chi connectivity index (χ4n) is 0.702. The predicted molar refractivity (Wildman–Crippen MR) is 49.4 cm³/mol. The molecule has 0 fully saturated rings. The summed E-state index contributed by atoms with van der Waals surface area (Å²) < 4.78 is 0. The second kappa shape index (κ2) is 7.65. The van der Waals surface area contributed by atoms with Crippen molar-refractivity contribution in [2.24, 2.45) is 0 Å². The molecule has 0 saturated heterocycles. The van der Waals surface area contributed by atoms with Crippen molar-refractivity contribution in [2.75, 3.05) is 13.2 Å². The maximum atomic E-state index is 10.8. The SMILES string of the molecule is O=C(NCCCCCO)C(Cl)Cl. The lowest BCUT2D eigenvalue weighted by Crippen LogP contribution is -2.29. The first kappa shape index (κ1) is 12.0. The van der Waals surface area contributed by atoms with Crippen molar-refractivity contribution in [3.8, 4) is 0 Å². The Morgan fingerprint density at radius 2 is 2.00 bits per heavy atom. The van der Waals surface area contributed by atoms with Gasteiger partial charge < -0.3 is 10.4 Å². The summed E-state index contributed by atoms with van der Waals surface area (Å²) in [4.78, 5) is 9.77. The summed E-state index contributed by atoms with van der Waals surface area (Å²) in [6.07, 6.45) is 2.50. The molecule has 0 aliphatic heterocycles. The number of halogens is 2. The van der Waals surface area contributed by atoms with Crippen LogP contribution >= 0.6 is 23.2 Å². The van der Waals surface area contributed by atoms with E-state index < -0.39 is 4.84 Å². The normalized spacial score (nSPS) is 10.3. The first-order valence-electron chi connectivity index (χ1n) is 3.85. The summed E-state index contributed by atoms with van der Waals surface area (Å²) in [5.74, 6) is -0.359. The van der Waals surface area contributed by atoms with Gasteiger partial charge in [-0.15, -0.1) is 0 Å². The number of carbonyl (C=O) groups is 1. The quantitative estimate of drug-likeness (QED) is 0.513. The highest BCUT2D eigenvalue weighted by Crippen LogP contribution is 2.00. The summed E-state index contributed by atoms with van der Waals surface area (Å²) in [5, 5.41) is 11.0. The van der Waals surface area contributed by atoms with Crippen molar-refractivity contribution >= 4 is 29.1 Å². The van der Waals surface area contributed by atoms with E-state index in [1.807, 2.05) is 0 Å². The minimum absolute atomic E-state index is 0.196. The number of hydrogen-bond acceptors (Lipinski definition) is 2. The Balaban J connectivity index is 3.14. The lowest BCUT2D eigenvalue weighted by atomic mass is 10.2. The van der Waals surface area contributed by atoms with Crippen molar-refractivity contribution in [1.82, 2.24) is 5.32 Å². The van der Waals surface area contributed by atoms with Crippen LogP contribution in [0.5, 0.6) is 0 Å². The third kappa shape index (κ3) is 6.70. The van der Waals surface area contributed by atoms with E-state index in [4.69, 9.17) is 28.3 Å². The van der Waals surface area contributed by atoms with Crippen LogP contribution in [-0.4, -0.2) is 29.0 Å². The molecule has 0 heterocycles. The third-order valence-corrected chi connectivity index (χ3v) is 1.73. The van der Waals surface area contributed by atoms with Gasteiger partial charge in [0.2, 0.25) is 0 Å². The van der Waals surface area contributed by atoms with E-state index in [-0.39, 0.29) is 12.5 Å². The van der Waals surface area contributed by atoms with Crippen molar-refractivity contribution in [3.63, 3.8) is 0 Å². The number of unbranched alkanes of at least 4 members (excludes halogenated alkanes) is 2. The molecule has 0 saturated carbocycles. The summed E-state index contributed by atoms with van der Waals surface area (Å²) in [6.45, 7) is 0.760. The Hall–Kier alpha value is 0.01000. The Morgan fingerprint density at radius 1 is 1.33 bits per heavy atom. The van der Waals surface area contributed by atoms with E-state index in [1.165, 1.54) is 0 Å². The maximum absolute atomic E-state index is 10.8. The smallest absolute Gasteiger partial charge is 0.253 e. The molecule has 0 aromatic heterocycles. The van der Waals surface area contributed by atoms with Crippen LogP contribution in [0.2, 0.25) is 0 Å². The van der Waals surface area contributed by atoms with Gasteiger partial charge in [0, 0.05) is 13.2 Å². The second-order valence-corrected chi connectivity index (χ2v) is 3.47. The van der Waals surface area contributed by atoms with E-state index in [0.29, 0.717) is 6.54 Å². The molecule has 5 heteroatoms. The molecule has 0 spiro atoms. The van der Waals surface area contributed by atoms with Crippen LogP contribution in [0.1, 0.15) is 19.3 Å². The van der Waals surface area contributed by atoms with E-state index in [0.717, 1.165) is 19.3 Å². The van der Waals surface area contributed by atoms with Crippen LogP contribution in [-0.2, 0) is 4.79 Å². The van der Waals surface area contributed by atoms with Crippen molar-refractivity contribution in [3.05, 3.63) is 0 Å². The Morgan fingerprint density at radius 3 is 2.50 bits per heavy atom. The zero-order valence-corrected chi connectivity index (χ0v) is 8.24. The minimum Gasteiger partial charge on any atom is -0.396 e.